The van der Waals surface area contributed by atoms with Gasteiger partial charge in [-0.25, -0.2) is 4.98 Å². The lowest BCUT2D eigenvalue weighted by molar-refractivity contribution is -0.132. The molecule has 7 nitrogen and oxygen atoms in total. The SMILES string of the molecule is Cc1ccc2nc(N3C(=O)C(=O)/C(=C(/O)c4ccc(C)c(C)c4)C3c3ccc(OC(C)C)cc3)[nH]c2c1. The predicted molar refractivity (Wildman–Crippen MR) is 144 cm³/mol. The highest BCUT2D eigenvalue weighted by molar-refractivity contribution is 6.51. The van der Waals surface area contributed by atoms with E-state index in [2.05, 4.69) is 9.97 Å². The van der Waals surface area contributed by atoms with Crippen LogP contribution in [0.5, 0.6) is 5.75 Å². The maximum absolute atomic E-state index is 13.5. The zero-order valence-corrected chi connectivity index (χ0v) is 21.5. The topological polar surface area (TPSA) is 95.5 Å². The number of hydrogen-bond acceptors (Lipinski definition) is 5. The van der Waals surface area contributed by atoms with Crippen LogP contribution in [0.3, 0.4) is 0 Å². The zero-order chi connectivity index (χ0) is 26.4. The Morgan fingerprint density at radius 2 is 1.70 bits per heavy atom. The first kappa shape index (κ1) is 24.3. The van der Waals surface area contributed by atoms with E-state index in [9.17, 15) is 14.7 Å². The molecule has 1 aliphatic rings. The lowest BCUT2D eigenvalue weighted by Gasteiger charge is -2.23. The summed E-state index contributed by atoms with van der Waals surface area (Å²) < 4.78 is 5.78. The summed E-state index contributed by atoms with van der Waals surface area (Å²) in [5.41, 5.74) is 5.65. The Morgan fingerprint density at radius 1 is 0.973 bits per heavy atom. The number of carbonyl (C=O) groups is 2. The Balaban J connectivity index is 1.69. The van der Waals surface area contributed by atoms with Gasteiger partial charge in [0.25, 0.3) is 5.78 Å². The summed E-state index contributed by atoms with van der Waals surface area (Å²) >= 11 is 0. The molecule has 0 saturated carbocycles. The van der Waals surface area contributed by atoms with Crippen molar-refractivity contribution in [2.45, 2.75) is 46.8 Å². The van der Waals surface area contributed by atoms with Crippen LogP contribution in [-0.2, 0) is 9.59 Å². The maximum Gasteiger partial charge on any atom is 0.302 e. The molecule has 188 valence electrons. The number of carbonyl (C=O) groups excluding carboxylic acids is 2. The standard InChI is InChI=1S/C30H29N3O4/c1-16(2)37-22-11-9-20(10-12-22)26-25(27(34)21-8-7-18(4)19(5)15-21)28(35)29(36)33(26)30-31-23-13-6-17(3)14-24(23)32-30/h6-16,26,34H,1-5H3,(H,31,32)/b27-25+. The van der Waals surface area contributed by atoms with Gasteiger partial charge in [0.15, 0.2) is 0 Å². The maximum atomic E-state index is 13.5. The van der Waals surface area contributed by atoms with Crippen molar-refractivity contribution < 1.29 is 19.4 Å². The van der Waals surface area contributed by atoms with Gasteiger partial charge in [-0.05, 0) is 87.2 Å². The van der Waals surface area contributed by atoms with Gasteiger partial charge in [0.05, 0.1) is 28.8 Å². The molecule has 1 aromatic heterocycles. The van der Waals surface area contributed by atoms with E-state index in [1.54, 1.807) is 18.2 Å². The fourth-order valence-electron chi connectivity index (χ4n) is 4.64. The number of benzene rings is 3. The van der Waals surface area contributed by atoms with Gasteiger partial charge in [-0.1, -0.05) is 30.3 Å². The fourth-order valence-corrected chi connectivity index (χ4v) is 4.64. The molecule has 7 heteroatoms. The van der Waals surface area contributed by atoms with Crippen molar-refractivity contribution in [1.29, 1.82) is 0 Å². The smallest absolute Gasteiger partial charge is 0.302 e. The lowest BCUT2D eigenvalue weighted by Crippen LogP contribution is -2.30. The molecule has 4 aromatic rings. The normalized spacial score (nSPS) is 17.2. The Bertz CT molecular complexity index is 1560. The van der Waals surface area contributed by atoms with Crippen molar-refractivity contribution in [3.05, 3.63) is 94.1 Å². The van der Waals surface area contributed by atoms with Crippen molar-refractivity contribution in [3.8, 4) is 5.75 Å². The Kier molecular flexibility index (Phi) is 6.07. The molecule has 1 aliphatic heterocycles. The number of aliphatic hydroxyl groups is 1. The second kappa shape index (κ2) is 9.24. The number of aromatic nitrogens is 2. The summed E-state index contributed by atoms with van der Waals surface area (Å²) in [5.74, 6) is -0.824. The number of nitrogens with one attached hydrogen (secondary N) is 1. The first-order valence-electron chi connectivity index (χ1n) is 12.3. The van der Waals surface area contributed by atoms with Crippen LogP contribution >= 0.6 is 0 Å². The van der Waals surface area contributed by atoms with Crippen LogP contribution in [0.2, 0.25) is 0 Å². The van der Waals surface area contributed by atoms with E-state index >= 15 is 0 Å². The number of imidazole rings is 1. The molecule has 0 radical (unpaired) electrons. The van der Waals surface area contributed by atoms with Gasteiger partial charge in [-0.15, -0.1) is 0 Å². The van der Waals surface area contributed by atoms with Crippen LogP contribution in [-0.4, -0.2) is 32.9 Å². The van der Waals surface area contributed by atoms with Gasteiger partial charge in [-0.2, -0.15) is 0 Å². The largest absolute Gasteiger partial charge is 0.507 e. The van der Waals surface area contributed by atoms with Crippen LogP contribution in [0.15, 0.2) is 66.2 Å². The van der Waals surface area contributed by atoms with Gasteiger partial charge in [0.2, 0.25) is 5.95 Å². The van der Waals surface area contributed by atoms with Crippen LogP contribution < -0.4 is 9.64 Å². The average molecular weight is 496 g/mol. The second-order valence-electron chi connectivity index (χ2n) is 9.78. The molecule has 1 unspecified atom stereocenters. The molecule has 1 saturated heterocycles. The van der Waals surface area contributed by atoms with E-state index in [1.807, 2.05) is 77.1 Å². The number of aromatic amines is 1. The highest BCUT2D eigenvalue weighted by atomic mass is 16.5. The summed E-state index contributed by atoms with van der Waals surface area (Å²) in [4.78, 5) is 36.1. The number of aryl methyl sites for hydroxylation is 3. The third-order valence-corrected chi connectivity index (χ3v) is 6.65. The summed E-state index contributed by atoms with van der Waals surface area (Å²) in [6.45, 7) is 9.76. The van der Waals surface area contributed by atoms with Crippen molar-refractivity contribution >= 4 is 34.4 Å². The quantitative estimate of drug-likeness (QED) is 0.204. The number of aliphatic hydroxyl groups excluding tert-OH is 1. The molecule has 5 rings (SSSR count). The highest BCUT2D eigenvalue weighted by Crippen LogP contribution is 2.42. The zero-order valence-electron chi connectivity index (χ0n) is 21.5. The van der Waals surface area contributed by atoms with E-state index in [-0.39, 0.29) is 23.4 Å². The average Bonchev–Trinajstić information content (AvgIpc) is 3.38. The number of ether oxygens (including phenoxy) is 1. The van der Waals surface area contributed by atoms with Crippen molar-refractivity contribution in [2.75, 3.05) is 4.90 Å². The summed E-state index contributed by atoms with van der Waals surface area (Å²) in [7, 11) is 0. The van der Waals surface area contributed by atoms with E-state index in [0.29, 0.717) is 22.4 Å². The minimum absolute atomic E-state index is 0.000248. The molecule has 37 heavy (non-hydrogen) atoms. The first-order chi connectivity index (χ1) is 17.6. The van der Waals surface area contributed by atoms with Gasteiger partial charge < -0.3 is 14.8 Å². The van der Waals surface area contributed by atoms with Crippen LogP contribution in [0.1, 0.15) is 47.7 Å². The molecule has 0 bridgehead atoms. The Morgan fingerprint density at radius 3 is 2.38 bits per heavy atom. The van der Waals surface area contributed by atoms with Crippen molar-refractivity contribution in [2.24, 2.45) is 0 Å². The van der Waals surface area contributed by atoms with Crippen molar-refractivity contribution in [1.82, 2.24) is 9.97 Å². The third kappa shape index (κ3) is 4.37. The highest BCUT2D eigenvalue weighted by Gasteiger charge is 2.48. The summed E-state index contributed by atoms with van der Waals surface area (Å²) in [6, 6.07) is 17.5. The van der Waals surface area contributed by atoms with E-state index < -0.39 is 17.7 Å². The van der Waals surface area contributed by atoms with Crippen LogP contribution in [0, 0.1) is 20.8 Å². The fraction of sp³-hybridized carbons (Fsp3) is 0.233. The summed E-state index contributed by atoms with van der Waals surface area (Å²) in [5, 5.41) is 11.4. The molecule has 3 aromatic carbocycles. The minimum atomic E-state index is -0.878. The molecule has 1 atom stereocenters. The molecule has 2 N–H and O–H groups in total. The minimum Gasteiger partial charge on any atom is -0.507 e. The van der Waals surface area contributed by atoms with Gasteiger partial charge in [-0.3, -0.25) is 14.5 Å². The number of nitrogens with zero attached hydrogens (tertiary/aromatic N) is 2. The molecule has 0 spiro atoms. The summed E-state index contributed by atoms with van der Waals surface area (Å²) in [6.07, 6.45) is 0.000248. The van der Waals surface area contributed by atoms with Gasteiger partial charge in [0, 0.05) is 5.56 Å². The molecule has 2 heterocycles. The molecule has 0 aliphatic carbocycles. The van der Waals surface area contributed by atoms with E-state index in [1.165, 1.54) is 4.90 Å². The number of H-pyrrole nitrogens is 1. The second-order valence-corrected chi connectivity index (χ2v) is 9.78. The molecular weight excluding hydrogens is 466 g/mol. The molecule has 1 fully saturated rings. The number of rotatable bonds is 5. The number of anilines is 1. The van der Waals surface area contributed by atoms with Gasteiger partial charge >= 0.3 is 5.91 Å². The van der Waals surface area contributed by atoms with Crippen LogP contribution in [0.4, 0.5) is 5.95 Å². The lowest BCUT2D eigenvalue weighted by atomic mass is 9.94. The third-order valence-electron chi connectivity index (χ3n) is 6.65. The molecule has 1 amide bonds. The monoisotopic (exact) mass is 495 g/mol. The van der Waals surface area contributed by atoms with Crippen LogP contribution in [0.25, 0.3) is 16.8 Å². The number of hydrogen-bond donors (Lipinski definition) is 2. The van der Waals surface area contributed by atoms with E-state index in [4.69, 9.17) is 4.74 Å². The Labute approximate surface area is 215 Å². The van der Waals surface area contributed by atoms with Gasteiger partial charge in [0.1, 0.15) is 11.5 Å². The number of amides is 1. The number of ketones is 1. The first-order valence-corrected chi connectivity index (χ1v) is 12.3. The molecular formula is C30H29N3O4. The number of fused-ring (bicyclic) bond motifs is 1. The van der Waals surface area contributed by atoms with Crippen molar-refractivity contribution in [3.63, 3.8) is 0 Å². The Hall–Kier alpha value is -4.39. The number of Topliss-reactive ketones (excluding diaryl/α,β-unsaturated/α-hetero) is 1. The van der Waals surface area contributed by atoms with E-state index in [0.717, 1.165) is 22.2 Å². The predicted octanol–water partition coefficient (Wildman–Crippen LogP) is 5.90.